The molecule has 0 aliphatic heterocycles. The summed E-state index contributed by atoms with van der Waals surface area (Å²) in [7, 11) is -3.67. The maximum absolute atomic E-state index is 11.3. The number of rotatable bonds is 8. The number of hydrogen-bond acceptors (Lipinski definition) is 4. The maximum atomic E-state index is 11.3. The predicted octanol–water partition coefficient (Wildman–Crippen LogP) is 1.45. The number of aromatic nitrogens is 1. The summed E-state index contributed by atoms with van der Waals surface area (Å²) in [5, 5.41) is 9.59. The van der Waals surface area contributed by atoms with E-state index in [2.05, 4.69) is 5.32 Å². The van der Waals surface area contributed by atoms with Crippen molar-refractivity contribution in [1.82, 2.24) is 9.88 Å². The molecule has 3 aromatic rings. The van der Waals surface area contributed by atoms with Gasteiger partial charge in [0.05, 0.1) is 4.90 Å². The number of primary sulfonamides is 1. The predicted molar refractivity (Wildman–Crippen MR) is 104 cm³/mol. The number of nitrogens with two attached hydrogens (primary N) is 2. The van der Waals surface area contributed by atoms with E-state index >= 15 is 0 Å². The highest BCUT2D eigenvalue weighted by molar-refractivity contribution is 7.89. The molecule has 27 heavy (non-hydrogen) atoms. The summed E-state index contributed by atoms with van der Waals surface area (Å²) in [6.07, 6.45) is 2.33. The Balaban J connectivity index is 1.69. The van der Waals surface area contributed by atoms with Crippen LogP contribution < -0.4 is 16.2 Å². The summed E-state index contributed by atoms with van der Waals surface area (Å²) in [5.41, 5.74) is 8.41. The highest BCUT2D eigenvalue weighted by Gasteiger charge is 2.09. The number of nitrogens with one attached hydrogen (secondary N) is 1. The number of hydrogen-bond donors (Lipinski definition) is 3. The number of primary amides is 1. The Bertz CT molecular complexity index is 1060. The number of para-hydroxylation sites is 1. The summed E-state index contributed by atoms with van der Waals surface area (Å²) >= 11 is 0. The van der Waals surface area contributed by atoms with E-state index in [4.69, 9.17) is 10.9 Å². The van der Waals surface area contributed by atoms with Crippen LogP contribution in [0.4, 0.5) is 0 Å². The minimum absolute atomic E-state index is 0.101. The summed E-state index contributed by atoms with van der Waals surface area (Å²) in [5.74, 6) is -0.324. The molecule has 0 spiro atoms. The van der Waals surface area contributed by atoms with Crippen molar-refractivity contribution in [3.05, 3.63) is 65.9 Å². The normalized spacial score (nSPS) is 11.7. The van der Waals surface area contributed by atoms with E-state index in [9.17, 15) is 13.2 Å². The Morgan fingerprint density at radius 1 is 1.04 bits per heavy atom. The first-order valence-corrected chi connectivity index (χ1v) is 10.1. The van der Waals surface area contributed by atoms with E-state index in [1.807, 2.05) is 35.0 Å². The van der Waals surface area contributed by atoms with Gasteiger partial charge in [-0.2, -0.15) is 0 Å². The van der Waals surface area contributed by atoms with Gasteiger partial charge in [-0.3, -0.25) is 4.79 Å². The lowest BCUT2D eigenvalue weighted by Gasteiger charge is -2.05. The largest absolute Gasteiger partial charge is 0.370 e. The lowest BCUT2D eigenvalue weighted by molar-refractivity contribution is -0.118. The van der Waals surface area contributed by atoms with Crippen LogP contribution in [0.2, 0.25) is 0 Å². The second-order valence-electron chi connectivity index (χ2n) is 6.37. The van der Waals surface area contributed by atoms with E-state index in [-0.39, 0.29) is 10.8 Å². The Morgan fingerprint density at radius 3 is 2.41 bits per heavy atom. The van der Waals surface area contributed by atoms with Crippen LogP contribution in [0.1, 0.15) is 17.5 Å². The zero-order chi connectivity index (χ0) is 19.4. The van der Waals surface area contributed by atoms with Crippen LogP contribution in [0.15, 0.2) is 59.6 Å². The summed E-state index contributed by atoms with van der Waals surface area (Å²) in [6, 6.07) is 14.5. The van der Waals surface area contributed by atoms with Crippen LogP contribution in [0, 0.1) is 0 Å². The third-order valence-electron chi connectivity index (χ3n) is 4.37. The molecular weight excluding hydrogens is 364 g/mol. The smallest absolute Gasteiger partial charge is 0.238 e. The molecule has 0 bridgehead atoms. The topological polar surface area (TPSA) is 120 Å². The average molecular weight is 386 g/mol. The van der Waals surface area contributed by atoms with Gasteiger partial charge in [0.15, 0.2) is 0 Å². The molecule has 0 fully saturated rings. The van der Waals surface area contributed by atoms with Crippen LogP contribution in [-0.2, 0) is 34.5 Å². The minimum atomic E-state index is -3.67. The SMILES string of the molecule is NC(=O)CCn1cc(CNCc2ccc(S(N)(=O)=O)cc2)c2ccccc21. The van der Waals surface area contributed by atoms with Gasteiger partial charge in [-0.25, -0.2) is 13.6 Å². The zero-order valence-electron chi connectivity index (χ0n) is 14.8. The molecule has 0 aliphatic carbocycles. The third kappa shape index (κ3) is 4.73. The van der Waals surface area contributed by atoms with Gasteiger partial charge < -0.3 is 15.6 Å². The molecule has 1 heterocycles. The monoisotopic (exact) mass is 386 g/mol. The third-order valence-corrected chi connectivity index (χ3v) is 5.30. The average Bonchev–Trinajstić information content (AvgIpc) is 2.98. The van der Waals surface area contributed by atoms with Crippen molar-refractivity contribution in [2.75, 3.05) is 0 Å². The van der Waals surface area contributed by atoms with Crippen molar-refractivity contribution in [2.45, 2.75) is 31.0 Å². The Hall–Kier alpha value is -2.68. The quantitative estimate of drug-likeness (QED) is 0.543. The van der Waals surface area contributed by atoms with Gasteiger partial charge in [0, 0.05) is 43.2 Å². The van der Waals surface area contributed by atoms with Gasteiger partial charge in [0.2, 0.25) is 15.9 Å². The number of carbonyl (C=O) groups is 1. The Morgan fingerprint density at radius 2 is 1.74 bits per heavy atom. The summed E-state index contributed by atoms with van der Waals surface area (Å²) in [4.78, 5) is 11.2. The van der Waals surface area contributed by atoms with Crippen LogP contribution in [0.3, 0.4) is 0 Å². The fourth-order valence-electron chi connectivity index (χ4n) is 3.02. The number of carbonyl (C=O) groups excluding carboxylic acids is 1. The zero-order valence-corrected chi connectivity index (χ0v) is 15.6. The lowest BCUT2D eigenvalue weighted by atomic mass is 10.1. The first-order chi connectivity index (χ1) is 12.8. The fraction of sp³-hybridized carbons (Fsp3) is 0.211. The minimum Gasteiger partial charge on any atom is -0.370 e. The van der Waals surface area contributed by atoms with Crippen molar-refractivity contribution in [1.29, 1.82) is 0 Å². The highest BCUT2D eigenvalue weighted by Crippen LogP contribution is 2.21. The van der Waals surface area contributed by atoms with E-state index < -0.39 is 10.0 Å². The second-order valence-corrected chi connectivity index (χ2v) is 7.94. The molecule has 5 N–H and O–H groups in total. The summed E-state index contributed by atoms with van der Waals surface area (Å²) < 4.78 is 24.6. The Labute approximate surface area is 158 Å². The molecule has 1 amide bonds. The highest BCUT2D eigenvalue weighted by atomic mass is 32.2. The number of sulfonamides is 1. The fourth-order valence-corrected chi connectivity index (χ4v) is 3.53. The standard InChI is InChI=1S/C19H22N4O3S/c20-19(24)9-10-23-13-15(17-3-1-2-4-18(17)23)12-22-11-14-5-7-16(8-6-14)27(21,25)26/h1-8,13,22H,9-12H2,(H2,20,24)(H2,21,25,26). The molecule has 142 valence electrons. The van der Waals surface area contributed by atoms with Gasteiger partial charge >= 0.3 is 0 Å². The van der Waals surface area contributed by atoms with Gasteiger partial charge in [-0.1, -0.05) is 30.3 Å². The molecular formula is C19H22N4O3S. The molecule has 3 rings (SSSR count). The van der Waals surface area contributed by atoms with Crippen LogP contribution in [-0.4, -0.2) is 18.9 Å². The van der Waals surface area contributed by atoms with E-state index in [0.29, 0.717) is 26.1 Å². The van der Waals surface area contributed by atoms with E-state index in [1.165, 1.54) is 12.1 Å². The second kappa shape index (κ2) is 7.91. The van der Waals surface area contributed by atoms with Crippen LogP contribution >= 0.6 is 0 Å². The van der Waals surface area contributed by atoms with Crippen molar-refractivity contribution in [2.24, 2.45) is 10.9 Å². The Kier molecular flexibility index (Phi) is 5.59. The van der Waals surface area contributed by atoms with E-state index in [1.54, 1.807) is 12.1 Å². The molecule has 0 radical (unpaired) electrons. The molecule has 0 unspecified atom stereocenters. The van der Waals surface area contributed by atoms with Crippen molar-refractivity contribution in [3.8, 4) is 0 Å². The van der Waals surface area contributed by atoms with E-state index in [0.717, 1.165) is 22.0 Å². The number of benzene rings is 2. The molecule has 1 aromatic heterocycles. The molecule has 2 aromatic carbocycles. The molecule has 0 saturated carbocycles. The molecule has 0 saturated heterocycles. The number of fused-ring (bicyclic) bond motifs is 1. The van der Waals surface area contributed by atoms with Crippen molar-refractivity contribution < 1.29 is 13.2 Å². The molecule has 0 aliphatic rings. The maximum Gasteiger partial charge on any atom is 0.238 e. The molecule has 7 nitrogen and oxygen atoms in total. The van der Waals surface area contributed by atoms with Gasteiger partial charge in [0.25, 0.3) is 0 Å². The molecule has 0 atom stereocenters. The van der Waals surface area contributed by atoms with Crippen LogP contribution in [0.25, 0.3) is 10.9 Å². The van der Waals surface area contributed by atoms with Gasteiger partial charge in [-0.05, 0) is 29.3 Å². The van der Waals surface area contributed by atoms with Gasteiger partial charge in [-0.15, -0.1) is 0 Å². The number of amides is 1. The van der Waals surface area contributed by atoms with Crippen LogP contribution in [0.5, 0.6) is 0 Å². The number of aryl methyl sites for hydroxylation is 1. The van der Waals surface area contributed by atoms with Crippen molar-refractivity contribution >= 4 is 26.8 Å². The first-order valence-electron chi connectivity index (χ1n) is 8.52. The lowest BCUT2D eigenvalue weighted by Crippen LogP contribution is -2.14. The molecule has 8 heteroatoms. The van der Waals surface area contributed by atoms with Crippen molar-refractivity contribution in [3.63, 3.8) is 0 Å². The van der Waals surface area contributed by atoms with Gasteiger partial charge in [0.1, 0.15) is 0 Å². The summed E-state index contributed by atoms with van der Waals surface area (Å²) in [6.45, 7) is 1.78. The number of nitrogens with zero attached hydrogens (tertiary/aromatic N) is 1. The first kappa shape index (κ1) is 19.1.